The first-order chi connectivity index (χ1) is 8.28. The van der Waals surface area contributed by atoms with Gasteiger partial charge in [0.2, 0.25) is 0 Å². The Bertz CT molecular complexity index is 660. The van der Waals surface area contributed by atoms with Crippen LogP contribution in [0.2, 0.25) is 0 Å². The molecule has 0 amide bonds. The normalized spacial score (nSPS) is 11.2. The van der Waals surface area contributed by atoms with Gasteiger partial charge in [-0.1, -0.05) is 25.1 Å². The molecule has 0 spiro atoms. The second kappa shape index (κ2) is 4.04. The summed E-state index contributed by atoms with van der Waals surface area (Å²) in [5.74, 6) is 0. The monoisotopic (exact) mass is 241 g/mol. The predicted molar refractivity (Wildman–Crippen MR) is 75.7 cm³/mol. The molecule has 3 rings (SSSR count). The Balaban J connectivity index is 2.14. The molecule has 3 aromatic rings. The van der Waals surface area contributed by atoms with E-state index >= 15 is 0 Å². The zero-order chi connectivity index (χ0) is 11.8. The number of hydrogen-bond donors (Lipinski definition) is 1. The SMILES string of the molecule is CCc1ccc(-c2cc3cccc(C)c3[nH]2)s1. The van der Waals surface area contributed by atoms with Gasteiger partial charge in [0.25, 0.3) is 0 Å². The lowest BCUT2D eigenvalue weighted by molar-refractivity contribution is 1.19. The van der Waals surface area contributed by atoms with Gasteiger partial charge in [-0.05, 0) is 37.1 Å². The zero-order valence-electron chi connectivity index (χ0n) is 10.1. The van der Waals surface area contributed by atoms with Gasteiger partial charge in [0.1, 0.15) is 0 Å². The number of fused-ring (bicyclic) bond motifs is 1. The van der Waals surface area contributed by atoms with Crippen molar-refractivity contribution in [1.82, 2.24) is 4.98 Å². The van der Waals surface area contributed by atoms with Crippen LogP contribution in [-0.4, -0.2) is 4.98 Å². The fraction of sp³-hybridized carbons (Fsp3) is 0.200. The molecule has 0 atom stereocenters. The first kappa shape index (κ1) is 10.6. The summed E-state index contributed by atoms with van der Waals surface area (Å²) in [6.45, 7) is 4.35. The molecule has 0 aliphatic carbocycles. The quantitative estimate of drug-likeness (QED) is 0.665. The minimum atomic E-state index is 1.12. The Kier molecular flexibility index (Phi) is 2.52. The average molecular weight is 241 g/mol. The predicted octanol–water partition coefficient (Wildman–Crippen LogP) is 4.77. The van der Waals surface area contributed by atoms with E-state index in [4.69, 9.17) is 0 Å². The Morgan fingerprint density at radius 3 is 2.76 bits per heavy atom. The van der Waals surface area contributed by atoms with Crippen molar-refractivity contribution in [2.75, 3.05) is 0 Å². The van der Waals surface area contributed by atoms with Crippen molar-refractivity contribution in [3.63, 3.8) is 0 Å². The maximum absolute atomic E-state index is 3.53. The first-order valence-corrected chi connectivity index (χ1v) is 6.77. The lowest BCUT2D eigenvalue weighted by Gasteiger charge is -1.93. The van der Waals surface area contributed by atoms with Gasteiger partial charge in [-0.2, -0.15) is 0 Å². The van der Waals surface area contributed by atoms with Gasteiger partial charge >= 0.3 is 0 Å². The molecule has 0 bridgehead atoms. The molecule has 0 aliphatic rings. The summed E-state index contributed by atoms with van der Waals surface area (Å²) in [5.41, 5.74) is 3.80. The highest BCUT2D eigenvalue weighted by molar-refractivity contribution is 7.15. The number of nitrogens with one attached hydrogen (secondary N) is 1. The van der Waals surface area contributed by atoms with Crippen LogP contribution in [0.4, 0.5) is 0 Å². The Morgan fingerprint density at radius 2 is 2.06 bits per heavy atom. The van der Waals surface area contributed by atoms with Crippen LogP contribution in [0, 0.1) is 6.92 Å². The molecule has 1 nitrogen and oxygen atoms in total. The highest BCUT2D eigenvalue weighted by Gasteiger charge is 2.06. The minimum absolute atomic E-state index is 1.12. The molecular formula is C15H15NS. The van der Waals surface area contributed by atoms with Crippen LogP contribution in [-0.2, 0) is 6.42 Å². The molecule has 86 valence electrons. The molecular weight excluding hydrogens is 226 g/mol. The van der Waals surface area contributed by atoms with Crippen LogP contribution < -0.4 is 0 Å². The van der Waals surface area contributed by atoms with Crippen molar-refractivity contribution >= 4 is 22.2 Å². The Hall–Kier alpha value is -1.54. The van der Waals surface area contributed by atoms with Crippen molar-refractivity contribution in [2.24, 2.45) is 0 Å². The van der Waals surface area contributed by atoms with Crippen LogP contribution >= 0.6 is 11.3 Å². The molecule has 2 heterocycles. The molecule has 2 aromatic heterocycles. The lowest BCUT2D eigenvalue weighted by Crippen LogP contribution is -1.74. The number of thiophene rings is 1. The summed E-state index contributed by atoms with van der Waals surface area (Å²) >= 11 is 1.88. The number of aryl methyl sites for hydroxylation is 2. The van der Waals surface area contributed by atoms with E-state index in [9.17, 15) is 0 Å². The van der Waals surface area contributed by atoms with Crippen LogP contribution in [0.5, 0.6) is 0 Å². The number of hydrogen-bond acceptors (Lipinski definition) is 1. The minimum Gasteiger partial charge on any atom is -0.354 e. The maximum Gasteiger partial charge on any atom is 0.0566 e. The van der Waals surface area contributed by atoms with Crippen LogP contribution in [0.1, 0.15) is 17.4 Å². The topological polar surface area (TPSA) is 15.8 Å². The average Bonchev–Trinajstić information content (AvgIpc) is 2.95. The van der Waals surface area contributed by atoms with Crippen LogP contribution in [0.25, 0.3) is 21.5 Å². The van der Waals surface area contributed by atoms with Gasteiger partial charge in [0.05, 0.1) is 10.6 Å². The summed E-state index contributed by atoms with van der Waals surface area (Å²) in [5, 5.41) is 1.30. The van der Waals surface area contributed by atoms with Crippen molar-refractivity contribution in [3.05, 3.63) is 46.8 Å². The van der Waals surface area contributed by atoms with E-state index in [1.54, 1.807) is 0 Å². The van der Waals surface area contributed by atoms with Gasteiger partial charge in [-0.15, -0.1) is 11.3 Å². The van der Waals surface area contributed by atoms with Crippen molar-refractivity contribution in [2.45, 2.75) is 20.3 Å². The van der Waals surface area contributed by atoms with E-state index in [1.807, 2.05) is 11.3 Å². The smallest absolute Gasteiger partial charge is 0.0566 e. The van der Waals surface area contributed by atoms with E-state index in [1.165, 1.54) is 31.9 Å². The van der Waals surface area contributed by atoms with E-state index in [0.29, 0.717) is 0 Å². The maximum atomic E-state index is 3.53. The number of H-pyrrole nitrogens is 1. The van der Waals surface area contributed by atoms with Crippen LogP contribution in [0.3, 0.4) is 0 Å². The van der Waals surface area contributed by atoms with Gasteiger partial charge in [0, 0.05) is 15.8 Å². The summed E-state index contributed by atoms with van der Waals surface area (Å²) in [6, 6.07) is 13.1. The van der Waals surface area contributed by atoms with Crippen LogP contribution in [0.15, 0.2) is 36.4 Å². The standard InChI is InChI=1S/C15H15NS/c1-3-12-7-8-14(17-12)13-9-11-6-4-5-10(2)15(11)16-13/h4-9,16H,3H2,1-2H3. The highest BCUT2D eigenvalue weighted by Crippen LogP contribution is 2.31. The number of aromatic amines is 1. The zero-order valence-corrected chi connectivity index (χ0v) is 10.9. The Morgan fingerprint density at radius 1 is 1.18 bits per heavy atom. The number of rotatable bonds is 2. The molecule has 0 saturated carbocycles. The number of para-hydroxylation sites is 1. The number of benzene rings is 1. The molecule has 2 heteroatoms. The first-order valence-electron chi connectivity index (χ1n) is 5.95. The van der Waals surface area contributed by atoms with Gasteiger partial charge < -0.3 is 4.98 Å². The van der Waals surface area contributed by atoms with E-state index < -0.39 is 0 Å². The third-order valence-electron chi connectivity index (χ3n) is 3.14. The third kappa shape index (κ3) is 1.79. The summed E-state index contributed by atoms with van der Waals surface area (Å²) in [4.78, 5) is 6.30. The largest absolute Gasteiger partial charge is 0.354 e. The van der Waals surface area contributed by atoms with Crippen molar-refractivity contribution in [3.8, 4) is 10.6 Å². The fourth-order valence-electron chi connectivity index (χ4n) is 2.15. The molecule has 1 aromatic carbocycles. The molecule has 0 aliphatic heterocycles. The van der Waals surface area contributed by atoms with Gasteiger partial charge in [-0.3, -0.25) is 0 Å². The molecule has 17 heavy (non-hydrogen) atoms. The summed E-state index contributed by atoms with van der Waals surface area (Å²) < 4.78 is 0. The van der Waals surface area contributed by atoms with E-state index in [0.717, 1.165) is 6.42 Å². The van der Waals surface area contributed by atoms with Gasteiger partial charge in [-0.25, -0.2) is 0 Å². The van der Waals surface area contributed by atoms with E-state index in [-0.39, 0.29) is 0 Å². The molecule has 0 fully saturated rings. The lowest BCUT2D eigenvalue weighted by atomic mass is 10.2. The molecule has 1 N–H and O–H groups in total. The van der Waals surface area contributed by atoms with Crippen molar-refractivity contribution < 1.29 is 0 Å². The van der Waals surface area contributed by atoms with E-state index in [2.05, 4.69) is 55.2 Å². The summed E-state index contributed by atoms with van der Waals surface area (Å²) in [7, 11) is 0. The molecule has 0 radical (unpaired) electrons. The third-order valence-corrected chi connectivity index (χ3v) is 4.40. The second-order valence-electron chi connectivity index (χ2n) is 4.34. The second-order valence-corrected chi connectivity index (χ2v) is 5.51. The summed E-state index contributed by atoms with van der Waals surface area (Å²) in [6.07, 6.45) is 1.12. The molecule has 0 saturated heterocycles. The number of aromatic nitrogens is 1. The Labute approximate surface area is 105 Å². The fourth-order valence-corrected chi connectivity index (χ4v) is 3.07. The highest BCUT2D eigenvalue weighted by atomic mass is 32.1. The molecule has 0 unspecified atom stereocenters. The van der Waals surface area contributed by atoms with Gasteiger partial charge in [0.15, 0.2) is 0 Å². The van der Waals surface area contributed by atoms with Crippen molar-refractivity contribution in [1.29, 1.82) is 0 Å².